The van der Waals surface area contributed by atoms with E-state index in [-0.39, 0.29) is 13.1 Å². The van der Waals surface area contributed by atoms with Crippen LogP contribution in [0.25, 0.3) is 0 Å². The predicted octanol–water partition coefficient (Wildman–Crippen LogP) is 0.923. The molecule has 11 heteroatoms. The second kappa shape index (κ2) is 9.97. The Morgan fingerprint density at radius 1 is 1.23 bits per heavy atom. The van der Waals surface area contributed by atoms with E-state index in [0.717, 1.165) is 12.8 Å². The van der Waals surface area contributed by atoms with Crippen molar-refractivity contribution in [1.82, 2.24) is 20.4 Å². The minimum atomic E-state index is -1.19. The van der Waals surface area contributed by atoms with Gasteiger partial charge in [0.1, 0.15) is 18.7 Å². The van der Waals surface area contributed by atoms with E-state index in [9.17, 15) is 29.1 Å². The van der Waals surface area contributed by atoms with E-state index in [1.807, 2.05) is 0 Å². The zero-order valence-corrected chi connectivity index (χ0v) is 18.5. The Morgan fingerprint density at radius 3 is 2.48 bits per heavy atom. The van der Waals surface area contributed by atoms with Crippen molar-refractivity contribution < 1.29 is 33.8 Å². The van der Waals surface area contributed by atoms with Crippen molar-refractivity contribution in [3.05, 3.63) is 0 Å². The van der Waals surface area contributed by atoms with Gasteiger partial charge in [0.2, 0.25) is 11.8 Å². The Balaban J connectivity index is 2.15. The maximum Gasteiger partial charge on any atom is 0.407 e. The van der Waals surface area contributed by atoms with Gasteiger partial charge in [-0.25, -0.2) is 9.59 Å². The van der Waals surface area contributed by atoms with Gasteiger partial charge in [0.25, 0.3) is 0 Å². The number of imide groups is 1. The standard InChI is InChI=1S/C20H32N4O7/c1-12-9-23(18(29)22-17(12)28)10-15(25)24(11-16(26)27)14-8-6-5-7-13(14)21-19(30)31-20(2,3)4/h12-14H,5-11H2,1-4H3,(H,21,30)(H,26,27)(H,22,28,29)/t12?,13-,14+/m0/s1. The third-order valence-corrected chi connectivity index (χ3v) is 5.24. The number of hydrogen-bond donors (Lipinski definition) is 3. The van der Waals surface area contributed by atoms with Crippen LogP contribution in [-0.2, 0) is 19.1 Å². The summed E-state index contributed by atoms with van der Waals surface area (Å²) >= 11 is 0. The van der Waals surface area contributed by atoms with Gasteiger partial charge in [0.05, 0.1) is 18.0 Å². The molecular weight excluding hydrogens is 408 g/mol. The van der Waals surface area contributed by atoms with Crippen LogP contribution in [0.4, 0.5) is 9.59 Å². The summed E-state index contributed by atoms with van der Waals surface area (Å²) in [6, 6.07) is -1.70. The number of urea groups is 1. The first kappa shape index (κ1) is 24.4. The fourth-order valence-corrected chi connectivity index (χ4v) is 3.84. The number of carbonyl (C=O) groups excluding carboxylic acids is 4. The molecule has 2 rings (SSSR count). The molecule has 11 nitrogen and oxygen atoms in total. The van der Waals surface area contributed by atoms with E-state index >= 15 is 0 Å². The molecule has 1 heterocycles. The maximum absolute atomic E-state index is 13.1. The van der Waals surface area contributed by atoms with Crippen LogP contribution in [0, 0.1) is 5.92 Å². The van der Waals surface area contributed by atoms with E-state index in [4.69, 9.17) is 4.74 Å². The van der Waals surface area contributed by atoms with Crippen LogP contribution in [0.1, 0.15) is 53.4 Å². The number of ether oxygens (including phenoxy) is 1. The molecule has 5 amide bonds. The number of nitrogens with zero attached hydrogens (tertiary/aromatic N) is 2. The minimum Gasteiger partial charge on any atom is -0.480 e. The first-order valence-electron chi connectivity index (χ1n) is 10.5. The molecule has 1 aliphatic heterocycles. The molecule has 1 aliphatic carbocycles. The minimum absolute atomic E-state index is 0.0710. The summed E-state index contributed by atoms with van der Waals surface area (Å²) in [4.78, 5) is 62.9. The monoisotopic (exact) mass is 440 g/mol. The molecule has 0 aromatic heterocycles. The third kappa shape index (κ3) is 7.11. The van der Waals surface area contributed by atoms with Crippen LogP contribution < -0.4 is 10.6 Å². The first-order chi connectivity index (χ1) is 14.4. The lowest BCUT2D eigenvalue weighted by Gasteiger charge is -2.40. The summed E-state index contributed by atoms with van der Waals surface area (Å²) in [6.45, 7) is 6.01. The zero-order chi connectivity index (χ0) is 23.3. The van der Waals surface area contributed by atoms with E-state index in [1.165, 1.54) is 9.80 Å². The van der Waals surface area contributed by atoms with E-state index in [0.29, 0.717) is 12.8 Å². The maximum atomic E-state index is 13.1. The Labute approximate surface area is 181 Å². The largest absolute Gasteiger partial charge is 0.480 e. The number of carboxylic acids is 1. The SMILES string of the molecule is CC1CN(CC(=O)N(CC(=O)O)[C@@H]2CCCC[C@@H]2NC(=O)OC(C)(C)C)C(=O)NC1=O. The lowest BCUT2D eigenvalue weighted by atomic mass is 9.89. The fraction of sp³-hybridized carbons (Fsp3) is 0.750. The van der Waals surface area contributed by atoms with Crippen LogP contribution in [-0.4, -0.2) is 82.1 Å². The molecule has 0 aromatic carbocycles. The number of nitrogens with one attached hydrogen (secondary N) is 2. The molecule has 31 heavy (non-hydrogen) atoms. The summed E-state index contributed by atoms with van der Waals surface area (Å²) in [5.74, 6) is -2.64. The highest BCUT2D eigenvalue weighted by Crippen LogP contribution is 2.24. The normalized spacial score (nSPS) is 24.3. The molecule has 0 radical (unpaired) electrons. The molecule has 3 N–H and O–H groups in total. The number of carboxylic acid groups (broad SMARTS) is 1. The highest BCUT2D eigenvalue weighted by Gasteiger charge is 2.38. The van der Waals surface area contributed by atoms with E-state index < -0.39 is 60.1 Å². The molecule has 1 saturated heterocycles. The van der Waals surface area contributed by atoms with Gasteiger partial charge in [-0.3, -0.25) is 19.7 Å². The Morgan fingerprint density at radius 2 is 1.87 bits per heavy atom. The number of alkyl carbamates (subject to hydrolysis) is 1. The van der Waals surface area contributed by atoms with Crippen molar-refractivity contribution in [3.8, 4) is 0 Å². The van der Waals surface area contributed by atoms with Crippen LogP contribution in [0.2, 0.25) is 0 Å². The second-order valence-corrected chi connectivity index (χ2v) is 9.10. The second-order valence-electron chi connectivity index (χ2n) is 9.10. The number of aliphatic carboxylic acids is 1. The summed E-state index contributed by atoms with van der Waals surface area (Å²) in [6.07, 6.45) is 2.05. The van der Waals surface area contributed by atoms with Crippen molar-refractivity contribution >= 4 is 29.9 Å². The molecule has 0 spiro atoms. The van der Waals surface area contributed by atoms with E-state index in [2.05, 4.69) is 10.6 Å². The Bertz CT molecular complexity index is 734. The van der Waals surface area contributed by atoms with Gasteiger partial charge >= 0.3 is 18.1 Å². The molecule has 2 aliphatic rings. The number of rotatable bonds is 6. The number of carbonyl (C=O) groups is 5. The zero-order valence-electron chi connectivity index (χ0n) is 18.5. The van der Waals surface area contributed by atoms with Crippen molar-refractivity contribution in [3.63, 3.8) is 0 Å². The average Bonchev–Trinajstić information content (AvgIpc) is 2.63. The van der Waals surface area contributed by atoms with Crippen LogP contribution in [0.5, 0.6) is 0 Å². The van der Waals surface area contributed by atoms with Crippen LogP contribution in [0.3, 0.4) is 0 Å². The molecule has 1 unspecified atom stereocenters. The molecule has 3 atom stereocenters. The Hall–Kier alpha value is -2.85. The van der Waals surface area contributed by atoms with Gasteiger partial charge in [0.15, 0.2) is 0 Å². The smallest absolute Gasteiger partial charge is 0.407 e. The quantitative estimate of drug-likeness (QED) is 0.557. The third-order valence-electron chi connectivity index (χ3n) is 5.24. The topological polar surface area (TPSA) is 145 Å². The molecule has 0 bridgehead atoms. The summed E-state index contributed by atoms with van der Waals surface area (Å²) in [5, 5.41) is 14.3. The van der Waals surface area contributed by atoms with Crippen LogP contribution >= 0.6 is 0 Å². The van der Waals surface area contributed by atoms with Gasteiger partial charge in [-0.15, -0.1) is 0 Å². The van der Waals surface area contributed by atoms with Crippen molar-refractivity contribution in [2.24, 2.45) is 5.92 Å². The highest BCUT2D eigenvalue weighted by molar-refractivity contribution is 5.99. The number of hydrogen-bond acceptors (Lipinski definition) is 6. The van der Waals surface area contributed by atoms with Crippen molar-refractivity contribution in [1.29, 1.82) is 0 Å². The van der Waals surface area contributed by atoms with Crippen LogP contribution in [0.15, 0.2) is 0 Å². The lowest BCUT2D eigenvalue weighted by molar-refractivity contribution is -0.147. The molecule has 0 aromatic rings. The van der Waals surface area contributed by atoms with E-state index in [1.54, 1.807) is 27.7 Å². The van der Waals surface area contributed by atoms with Gasteiger partial charge in [0, 0.05) is 6.54 Å². The lowest BCUT2D eigenvalue weighted by Crippen LogP contribution is -2.60. The summed E-state index contributed by atoms with van der Waals surface area (Å²) in [5.41, 5.74) is -0.694. The summed E-state index contributed by atoms with van der Waals surface area (Å²) < 4.78 is 5.30. The Kier molecular flexibility index (Phi) is 7.85. The number of amides is 5. The highest BCUT2D eigenvalue weighted by atomic mass is 16.6. The molecular formula is C20H32N4O7. The van der Waals surface area contributed by atoms with Gasteiger partial charge in [-0.05, 0) is 33.6 Å². The molecule has 1 saturated carbocycles. The van der Waals surface area contributed by atoms with Gasteiger partial charge < -0.3 is 25.0 Å². The fourth-order valence-electron chi connectivity index (χ4n) is 3.84. The molecule has 2 fully saturated rings. The predicted molar refractivity (Wildman–Crippen MR) is 109 cm³/mol. The molecule has 174 valence electrons. The van der Waals surface area contributed by atoms with Gasteiger partial charge in [-0.2, -0.15) is 0 Å². The van der Waals surface area contributed by atoms with Crippen molar-refractivity contribution in [2.75, 3.05) is 19.6 Å². The summed E-state index contributed by atoms with van der Waals surface area (Å²) in [7, 11) is 0. The van der Waals surface area contributed by atoms with Crippen molar-refractivity contribution in [2.45, 2.75) is 71.1 Å². The average molecular weight is 440 g/mol. The first-order valence-corrected chi connectivity index (χ1v) is 10.5. The van der Waals surface area contributed by atoms with Gasteiger partial charge in [-0.1, -0.05) is 19.8 Å².